The van der Waals surface area contributed by atoms with Gasteiger partial charge in [-0.15, -0.1) is 5.10 Å². The largest absolute Gasteiger partial charge is 0.474 e. The van der Waals surface area contributed by atoms with Gasteiger partial charge in [-0.05, 0) is 26.2 Å². The maximum atomic E-state index is 5.93. The zero-order valence-electron chi connectivity index (χ0n) is 9.55. The second-order valence-electron chi connectivity index (χ2n) is 3.90. The number of nitrogens with two attached hydrogens (primary N) is 1. The summed E-state index contributed by atoms with van der Waals surface area (Å²) in [6.07, 6.45) is 1.85. The van der Waals surface area contributed by atoms with Crippen LogP contribution in [0.5, 0.6) is 5.88 Å². The smallest absolute Gasteiger partial charge is 0.257 e. The van der Waals surface area contributed by atoms with Gasteiger partial charge in [0.1, 0.15) is 12.3 Å². The molecule has 2 heterocycles. The molecule has 2 rings (SSSR count). The number of rotatable bonds is 4. The van der Waals surface area contributed by atoms with E-state index in [9.17, 15) is 0 Å². The normalized spacial score (nSPS) is 10.5. The second-order valence-corrected chi connectivity index (χ2v) is 3.90. The van der Waals surface area contributed by atoms with Crippen molar-refractivity contribution < 1.29 is 4.74 Å². The monoisotopic (exact) mass is 236 g/mol. The van der Waals surface area contributed by atoms with Gasteiger partial charge in [0.05, 0.1) is 5.52 Å². The highest BCUT2D eigenvalue weighted by Gasteiger charge is 2.09. The van der Waals surface area contributed by atoms with Crippen molar-refractivity contribution in [2.24, 2.45) is 0 Å². The lowest BCUT2D eigenvalue weighted by atomic mass is 10.4. The van der Waals surface area contributed by atoms with E-state index in [-0.39, 0.29) is 7.43 Å². The van der Waals surface area contributed by atoms with Crippen molar-refractivity contribution in [3.63, 3.8) is 0 Å². The van der Waals surface area contributed by atoms with Crippen molar-refractivity contribution in [2.45, 2.75) is 7.43 Å². The molecule has 0 aromatic carbocycles. The Hall–Kier alpha value is -1.75. The maximum Gasteiger partial charge on any atom is 0.257 e. The summed E-state index contributed by atoms with van der Waals surface area (Å²) in [4.78, 5) is 2.05. The van der Waals surface area contributed by atoms with Crippen molar-refractivity contribution in [1.82, 2.24) is 14.5 Å². The van der Waals surface area contributed by atoms with Crippen molar-refractivity contribution in [3.8, 4) is 5.88 Å². The van der Waals surface area contributed by atoms with Gasteiger partial charge >= 0.3 is 0 Å². The highest BCUT2D eigenvalue weighted by atomic mass is 16.5. The average molecular weight is 236 g/mol. The Morgan fingerprint density at radius 3 is 2.82 bits per heavy atom. The second kappa shape index (κ2) is 5.54. The van der Waals surface area contributed by atoms with E-state index < -0.39 is 0 Å². The van der Waals surface area contributed by atoms with E-state index in [4.69, 9.17) is 10.5 Å². The molecular weight excluding hydrogens is 216 g/mol. The molecule has 0 aliphatic rings. The molecule has 0 bridgehead atoms. The number of hydrogen-bond acceptors (Lipinski definition) is 4. The lowest BCUT2D eigenvalue weighted by Crippen LogP contribution is -2.19. The summed E-state index contributed by atoms with van der Waals surface area (Å²) in [6.45, 7) is 1.42. The van der Waals surface area contributed by atoms with Crippen molar-refractivity contribution in [3.05, 3.63) is 24.4 Å². The summed E-state index contributed by atoms with van der Waals surface area (Å²) in [6, 6.07) is 5.75. The molecule has 0 saturated carbocycles. The SMILES string of the molecule is C.CN(C)CCOc1nn2ccccc2c1N. The minimum Gasteiger partial charge on any atom is -0.474 e. The number of anilines is 1. The quantitative estimate of drug-likeness (QED) is 0.874. The Bertz CT molecular complexity index is 478. The highest BCUT2D eigenvalue weighted by Crippen LogP contribution is 2.24. The fourth-order valence-electron chi connectivity index (χ4n) is 1.43. The first-order chi connectivity index (χ1) is 7.68. The minimum atomic E-state index is 0. The maximum absolute atomic E-state index is 5.93. The van der Waals surface area contributed by atoms with Crippen molar-refractivity contribution in [1.29, 1.82) is 0 Å². The summed E-state index contributed by atoms with van der Waals surface area (Å²) in [5, 5.41) is 4.26. The lowest BCUT2D eigenvalue weighted by molar-refractivity contribution is 0.254. The predicted molar refractivity (Wildman–Crippen MR) is 70.4 cm³/mol. The van der Waals surface area contributed by atoms with Crippen molar-refractivity contribution >= 4 is 11.2 Å². The van der Waals surface area contributed by atoms with E-state index in [2.05, 4.69) is 5.10 Å². The molecule has 94 valence electrons. The molecule has 0 unspecified atom stereocenters. The third kappa shape index (κ3) is 2.88. The van der Waals surface area contributed by atoms with E-state index >= 15 is 0 Å². The summed E-state index contributed by atoms with van der Waals surface area (Å²) >= 11 is 0. The molecule has 2 aromatic heterocycles. The van der Waals surface area contributed by atoms with Crippen LogP contribution >= 0.6 is 0 Å². The first kappa shape index (κ1) is 13.3. The number of fused-ring (bicyclic) bond motifs is 1. The Labute approximate surface area is 102 Å². The van der Waals surface area contributed by atoms with E-state index in [1.54, 1.807) is 4.52 Å². The van der Waals surface area contributed by atoms with E-state index in [0.29, 0.717) is 18.2 Å². The fraction of sp³-hybridized carbons (Fsp3) is 0.417. The molecular formula is C12H20N4O. The highest BCUT2D eigenvalue weighted by molar-refractivity contribution is 5.74. The van der Waals surface area contributed by atoms with Gasteiger partial charge in [-0.3, -0.25) is 0 Å². The van der Waals surface area contributed by atoms with Gasteiger partial charge in [0.2, 0.25) is 0 Å². The van der Waals surface area contributed by atoms with Crippen LogP contribution in [0.2, 0.25) is 0 Å². The van der Waals surface area contributed by atoms with E-state index in [1.165, 1.54) is 0 Å². The van der Waals surface area contributed by atoms with Crippen LogP contribution in [0.4, 0.5) is 5.69 Å². The summed E-state index contributed by atoms with van der Waals surface area (Å²) < 4.78 is 7.26. The van der Waals surface area contributed by atoms with Gasteiger partial charge in [-0.25, -0.2) is 4.52 Å². The van der Waals surface area contributed by atoms with Crippen LogP contribution in [0.15, 0.2) is 24.4 Å². The molecule has 0 radical (unpaired) electrons. The van der Waals surface area contributed by atoms with Crippen LogP contribution in [-0.4, -0.2) is 41.8 Å². The molecule has 0 spiro atoms. The number of likely N-dealkylation sites (N-methyl/N-ethyl adjacent to an activating group) is 1. The van der Waals surface area contributed by atoms with E-state index in [0.717, 1.165) is 12.1 Å². The van der Waals surface area contributed by atoms with Crippen LogP contribution in [-0.2, 0) is 0 Å². The van der Waals surface area contributed by atoms with Gasteiger partial charge < -0.3 is 15.4 Å². The molecule has 2 N–H and O–H groups in total. The molecule has 17 heavy (non-hydrogen) atoms. The fourth-order valence-corrected chi connectivity index (χ4v) is 1.43. The number of nitrogen functional groups attached to an aromatic ring is 1. The topological polar surface area (TPSA) is 55.8 Å². The summed E-state index contributed by atoms with van der Waals surface area (Å²) in [5.41, 5.74) is 7.41. The standard InChI is InChI=1S/C11H16N4O.CH4/c1-14(2)7-8-16-11-10(12)9-5-3-4-6-15(9)13-11;/h3-6H,7-8,12H2,1-2H3;1H4. The van der Waals surface area contributed by atoms with Gasteiger partial charge in [-0.2, -0.15) is 0 Å². The first-order valence-electron chi connectivity index (χ1n) is 5.19. The number of nitrogens with zero attached hydrogens (tertiary/aromatic N) is 3. The van der Waals surface area contributed by atoms with Gasteiger partial charge in [0, 0.05) is 12.7 Å². The molecule has 2 aromatic rings. The third-order valence-corrected chi connectivity index (χ3v) is 2.32. The van der Waals surface area contributed by atoms with Gasteiger partial charge in [-0.1, -0.05) is 13.5 Å². The zero-order valence-corrected chi connectivity index (χ0v) is 9.55. The first-order valence-corrected chi connectivity index (χ1v) is 5.19. The van der Waals surface area contributed by atoms with Gasteiger partial charge in [0.25, 0.3) is 5.88 Å². The molecule has 0 fully saturated rings. The average Bonchev–Trinajstić information content (AvgIpc) is 2.56. The molecule has 5 nitrogen and oxygen atoms in total. The Morgan fingerprint density at radius 1 is 1.41 bits per heavy atom. The van der Waals surface area contributed by atoms with Crippen LogP contribution in [0, 0.1) is 0 Å². The molecule has 0 amide bonds. The van der Waals surface area contributed by atoms with Crippen LogP contribution in [0.1, 0.15) is 7.43 Å². The summed E-state index contributed by atoms with van der Waals surface area (Å²) in [5.74, 6) is 0.507. The van der Waals surface area contributed by atoms with Crippen LogP contribution in [0.3, 0.4) is 0 Å². The number of ether oxygens (including phenoxy) is 1. The van der Waals surface area contributed by atoms with Crippen LogP contribution in [0.25, 0.3) is 5.52 Å². The lowest BCUT2D eigenvalue weighted by Gasteiger charge is -2.09. The Morgan fingerprint density at radius 2 is 2.18 bits per heavy atom. The number of aromatic nitrogens is 2. The Balaban J connectivity index is 0.00000144. The Kier molecular flexibility index (Phi) is 4.34. The number of hydrogen-bond donors (Lipinski definition) is 1. The number of pyridine rings is 1. The molecule has 0 aliphatic heterocycles. The summed E-state index contributed by atoms with van der Waals surface area (Å²) in [7, 11) is 3.99. The molecule has 5 heteroatoms. The third-order valence-electron chi connectivity index (χ3n) is 2.32. The van der Waals surface area contributed by atoms with Gasteiger partial charge in [0.15, 0.2) is 0 Å². The van der Waals surface area contributed by atoms with E-state index in [1.807, 2.05) is 43.4 Å². The van der Waals surface area contributed by atoms with Crippen molar-refractivity contribution in [2.75, 3.05) is 33.0 Å². The predicted octanol–water partition coefficient (Wildman–Crippen LogP) is 1.49. The van der Waals surface area contributed by atoms with Crippen LogP contribution < -0.4 is 10.5 Å². The minimum absolute atomic E-state index is 0. The molecule has 0 aliphatic carbocycles. The zero-order chi connectivity index (χ0) is 11.5. The molecule has 0 saturated heterocycles. The molecule has 0 atom stereocenters.